The van der Waals surface area contributed by atoms with E-state index in [0.717, 1.165) is 38.5 Å². The van der Waals surface area contributed by atoms with Crippen molar-refractivity contribution in [2.45, 2.75) is 70.9 Å². The molecule has 3 N–H and O–H groups in total. The number of aliphatic hydroxyl groups is 1. The van der Waals surface area contributed by atoms with Gasteiger partial charge in [0.25, 0.3) is 5.91 Å². The zero-order valence-electron chi connectivity index (χ0n) is 21.9. The Balaban J connectivity index is 1.22. The number of hydrogen-bond donors (Lipinski definition) is 3. The third kappa shape index (κ3) is 4.41. The number of amides is 1. The van der Waals surface area contributed by atoms with E-state index in [9.17, 15) is 19.8 Å². The maximum Gasteiger partial charge on any atom is 0.330 e. The van der Waals surface area contributed by atoms with Gasteiger partial charge in [-0.1, -0.05) is 61.0 Å². The molecular weight excluding hydrogens is 468 g/mol. The van der Waals surface area contributed by atoms with E-state index in [1.54, 1.807) is 30.3 Å². The summed E-state index contributed by atoms with van der Waals surface area (Å²) in [5.74, 6) is 0.0520. The van der Waals surface area contributed by atoms with E-state index in [4.69, 9.17) is 4.84 Å². The predicted octanol–water partition coefficient (Wildman–Crippen LogP) is 4.79. The van der Waals surface area contributed by atoms with Crippen molar-refractivity contribution < 1.29 is 24.6 Å². The second kappa shape index (κ2) is 9.43. The fourth-order valence-electron chi connectivity index (χ4n) is 7.81. The Labute approximate surface area is 218 Å². The molecule has 5 rings (SSSR count). The quantitative estimate of drug-likeness (QED) is 0.481. The molecule has 7 heteroatoms. The SMILES string of the molecule is C[C@]12C=C/C(=N/OCC(=O)N[C@H](C(=O)O)c3ccccc3)C=C1CC[C@@H]1[C@H]2CC[C@@]2(C)[C@@H]1CC[C@]2(C)O. The summed E-state index contributed by atoms with van der Waals surface area (Å²) in [6, 6.07) is 7.43. The first-order chi connectivity index (χ1) is 17.5. The lowest BCUT2D eigenvalue weighted by atomic mass is 9.47. The smallest absolute Gasteiger partial charge is 0.330 e. The molecule has 0 unspecified atom stereocenters. The molecule has 198 valence electrons. The maximum absolute atomic E-state index is 12.4. The zero-order chi connectivity index (χ0) is 26.4. The molecule has 3 fully saturated rings. The average molecular weight is 507 g/mol. The minimum absolute atomic E-state index is 0.00527. The number of fused-ring (bicyclic) bond motifs is 5. The second-order valence-electron chi connectivity index (χ2n) is 12.0. The fourth-order valence-corrected chi connectivity index (χ4v) is 7.81. The van der Waals surface area contributed by atoms with E-state index in [-0.39, 0.29) is 17.4 Å². The van der Waals surface area contributed by atoms with Gasteiger partial charge in [-0.3, -0.25) is 4.79 Å². The number of carboxylic acids is 1. The van der Waals surface area contributed by atoms with Gasteiger partial charge in [-0.2, -0.15) is 0 Å². The maximum atomic E-state index is 12.4. The molecule has 1 aromatic carbocycles. The van der Waals surface area contributed by atoms with E-state index in [1.807, 2.05) is 13.0 Å². The molecule has 0 spiro atoms. The van der Waals surface area contributed by atoms with Crippen molar-refractivity contribution >= 4 is 17.6 Å². The van der Waals surface area contributed by atoms with Crippen LogP contribution in [-0.4, -0.2) is 40.0 Å². The molecule has 7 atom stereocenters. The fraction of sp³-hybridized carbons (Fsp3) is 0.567. The normalized spacial score (nSPS) is 38.1. The number of carbonyl (C=O) groups is 2. The number of benzene rings is 1. The highest BCUT2D eigenvalue weighted by molar-refractivity contribution is 6.05. The van der Waals surface area contributed by atoms with Crippen LogP contribution in [0.3, 0.4) is 0 Å². The summed E-state index contributed by atoms with van der Waals surface area (Å²) in [6.45, 7) is 6.32. The van der Waals surface area contributed by atoms with Crippen LogP contribution in [0.4, 0.5) is 0 Å². The Morgan fingerprint density at radius 3 is 2.57 bits per heavy atom. The molecule has 0 heterocycles. The highest BCUT2D eigenvalue weighted by Crippen LogP contribution is 2.66. The number of oxime groups is 1. The van der Waals surface area contributed by atoms with Gasteiger partial charge in [0.1, 0.15) is 5.71 Å². The number of carbonyl (C=O) groups excluding carboxylic acids is 1. The van der Waals surface area contributed by atoms with Gasteiger partial charge in [0.2, 0.25) is 0 Å². The van der Waals surface area contributed by atoms with Crippen LogP contribution in [-0.2, 0) is 14.4 Å². The summed E-state index contributed by atoms with van der Waals surface area (Å²) in [7, 11) is 0. The van der Waals surface area contributed by atoms with Crippen molar-refractivity contribution in [3.05, 3.63) is 59.7 Å². The number of nitrogens with zero attached hydrogens (tertiary/aromatic N) is 1. The van der Waals surface area contributed by atoms with Crippen LogP contribution in [0.1, 0.15) is 70.9 Å². The number of carboxylic acid groups (broad SMARTS) is 1. The van der Waals surface area contributed by atoms with Crippen LogP contribution in [0.2, 0.25) is 0 Å². The van der Waals surface area contributed by atoms with Crippen molar-refractivity contribution in [1.82, 2.24) is 5.32 Å². The largest absolute Gasteiger partial charge is 0.479 e. The van der Waals surface area contributed by atoms with Crippen LogP contribution in [0.25, 0.3) is 0 Å². The van der Waals surface area contributed by atoms with E-state index >= 15 is 0 Å². The number of rotatable bonds is 6. The first-order valence-electron chi connectivity index (χ1n) is 13.4. The van der Waals surface area contributed by atoms with Crippen LogP contribution in [0.15, 0.2) is 59.3 Å². The minimum atomic E-state index is -1.14. The molecule has 1 amide bonds. The van der Waals surface area contributed by atoms with Crippen molar-refractivity contribution in [2.75, 3.05) is 6.61 Å². The molecule has 0 aliphatic heterocycles. The van der Waals surface area contributed by atoms with E-state index in [2.05, 4.69) is 36.5 Å². The Kier molecular flexibility index (Phi) is 6.55. The average Bonchev–Trinajstić information content (AvgIpc) is 3.11. The molecule has 37 heavy (non-hydrogen) atoms. The zero-order valence-corrected chi connectivity index (χ0v) is 21.9. The van der Waals surface area contributed by atoms with Gasteiger partial charge in [0, 0.05) is 5.41 Å². The monoisotopic (exact) mass is 506 g/mol. The van der Waals surface area contributed by atoms with E-state index in [0.29, 0.717) is 29.0 Å². The highest BCUT2D eigenvalue weighted by Gasteiger charge is 2.61. The van der Waals surface area contributed by atoms with Gasteiger partial charge in [0.15, 0.2) is 12.6 Å². The number of hydrogen-bond acceptors (Lipinski definition) is 5. The topological polar surface area (TPSA) is 108 Å². The molecule has 0 aromatic heterocycles. The molecule has 0 bridgehead atoms. The first kappa shape index (κ1) is 25.7. The summed E-state index contributed by atoms with van der Waals surface area (Å²) >= 11 is 0. The van der Waals surface area contributed by atoms with Crippen molar-refractivity contribution in [1.29, 1.82) is 0 Å². The third-order valence-corrected chi connectivity index (χ3v) is 10.2. The Hall–Kier alpha value is -2.93. The van der Waals surface area contributed by atoms with Crippen LogP contribution < -0.4 is 5.32 Å². The highest BCUT2D eigenvalue weighted by atomic mass is 16.6. The van der Waals surface area contributed by atoms with Gasteiger partial charge < -0.3 is 20.4 Å². The van der Waals surface area contributed by atoms with Crippen LogP contribution >= 0.6 is 0 Å². The van der Waals surface area contributed by atoms with Gasteiger partial charge in [-0.25, -0.2) is 4.79 Å². The Morgan fingerprint density at radius 1 is 1.11 bits per heavy atom. The van der Waals surface area contributed by atoms with Gasteiger partial charge >= 0.3 is 5.97 Å². The van der Waals surface area contributed by atoms with Crippen molar-refractivity contribution in [3.8, 4) is 0 Å². The van der Waals surface area contributed by atoms with Gasteiger partial charge in [0.05, 0.1) is 5.60 Å². The summed E-state index contributed by atoms with van der Waals surface area (Å²) in [6.07, 6.45) is 12.6. The molecular formula is C30H38N2O5. The molecule has 4 aliphatic rings. The van der Waals surface area contributed by atoms with Crippen LogP contribution in [0.5, 0.6) is 0 Å². The molecule has 4 aliphatic carbocycles. The first-order valence-corrected chi connectivity index (χ1v) is 13.4. The van der Waals surface area contributed by atoms with Crippen molar-refractivity contribution in [2.24, 2.45) is 33.7 Å². The second-order valence-corrected chi connectivity index (χ2v) is 12.0. The summed E-state index contributed by atoms with van der Waals surface area (Å²) < 4.78 is 0. The van der Waals surface area contributed by atoms with Gasteiger partial charge in [-0.15, -0.1) is 0 Å². The standard InChI is InChI=1S/C30H38N2O5/c1-28-14-11-21(32-37-18-25(33)31-26(27(34)35)19-7-5-4-6-8-19)17-20(28)9-10-22-23(28)12-15-29(2)24(22)13-16-30(29,3)36/h4-8,11,14,17,22-24,26,36H,9-10,12-13,15-16,18H2,1-3H3,(H,31,33)(H,34,35)/b32-21-/t22-,23-,24-,26+,28+,29+,30+/m1/s1. The van der Waals surface area contributed by atoms with Crippen molar-refractivity contribution in [3.63, 3.8) is 0 Å². The Bertz CT molecular complexity index is 1160. The lowest BCUT2D eigenvalue weighted by Crippen LogP contribution is -2.53. The minimum Gasteiger partial charge on any atom is -0.479 e. The molecule has 7 nitrogen and oxygen atoms in total. The summed E-state index contributed by atoms with van der Waals surface area (Å²) in [5.41, 5.74) is 1.92. The summed E-state index contributed by atoms with van der Waals surface area (Å²) in [4.78, 5) is 29.3. The van der Waals surface area contributed by atoms with E-state index < -0.39 is 23.5 Å². The number of allylic oxidation sites excluding steroid dienone is 4. The van der Waals surface area contributed by atoms with E-state index in [1.165, 1.54) is 5.57 Å². The molecule has 0 saturated heterocycles. The molecule has 1 aromatic rings. The molecule has 3 saturated carbocycles. The predicted molar refractivity (Wildman–Crippen MR) is 141 cm³/mol. The number of aliphatic carboxylic acids is 1. The molecule has 0 radical (unpaired) electrons. The third-order valence-electron chi connectivity index (χ3n) is 10.2. The summed E-state index contributed by atoms with van der Waals surface area (Å²) in [5, 5.41) is 27.3. The lowest BCUT2D eigenvalue weighted by Gasteiger charge is -2.58. The number of nitrogens with one attached hydrogen (secondary N) is 1. The van der Waals surface area contributed by atoms with Crippen LogP contribution in [0, 0.1) is 28.6 Å². The lowest BCUT2D eigenvalue weighted by molar-refractivity contribution is -0.142. The van der Waals surface area contributed by atoms with Gasteiger partial charge in [-0.05, 0) is 86.3 Å². The Morgan fingerprint density at radius 2 is 1.84 bits per heavy atom.